The maximum Gasteiger partial charge on any atom is 0.144 e. The Kier molecular flexibility index (Phi) is 3.75. The average Bonchev–Trinajstić information content (AvgIpc) is 3.42. The predicted octanol–water partition coefficient (Wildman–Crippen LogP) is 8.68. The Morgan fingerprint density at radius 2 is 1.38 bits per heavy atom. The van der Waals surface area contributed by atoms with Gasteiger partial charge in [-0.3, -0.25) is 4.98 Å². The molecule has 0 bridgehead atoms. The van der Waals surface area contributed by atoms with Crippen molar-refractivity contribution in [2.75, 3.05) is 0 Å². The van der Waals surface area contributed by atoms with Gasteiger partial charge in [-0.2, -0.15) is 0 Å². The molecular weight excluding hydrogens is 410 g/mol. The molecule has 2 nitrogen and oxygen atoms in total. The molecule has 0 aliphatic heterocycles. The molecule has 0 saturated heterocycles. The average molecular weight is 428 g/mol. The summed E-state index contributed by atoms with van der Waals surface area (Å²) in [5.74, 6) is 0. The highest BCUT2D eigenvalue weighted by molar-refractivity contribution is 7.26. The van der Waals surface area contributed by atoms with E-state index >= 15 is 0 Å². The van der Waals surface area contributed by atoms with Crippen molar-refractivity contribution >= 4 is 53.4 Å². The van der Waals surface area contributed by atoms with Gasteiger partial charge in [0.1, 0.15) is 11.2 Å². The molecule has 150 valence electrons. The third kappa shape index (κ3) is 2.55. The quantitative estimate of drug-likeness (QED) is 0.276. The zero-order valence-corrected chi connectivity index (χ0v) is 17.9. The van der Waals surface area contributed by atoms with Crippen LogP contribution in [0, 0.1) is 0 Å². The smallest absolute Gasteiger partial charge is 0.144 e. The lowest BCUT2D eigenvalue weighted by molar-refractivity contribution is 0.670. The van der Waals surface area contributed by atoms with E-state index in [0.717, 1.165) is 33.2 Å². The van der Waals surface area contributed by atoms with Gasteiger partial charge in [-0.25, -0.2) is 0 Å². The van der Waals surface area contributed by atoms with Gasteiger partial charge in [-0.1, -0.05) is 66.7 Å². The maximum absolute atomic E-state index is 6.26. The zero-order chi connectivity index (χ0) is 21.1. The van der Waals surface area contributed by atoms with Crippen molar-refractivity contribution in [2.24, 2.45) is 0 Å². The van der Waals surface area contributed by atoms with Gasteiger partial charge in [0.05, 0.1) is 5.69 Å². The Hall–Kier alpha value is -3.95. The van der Waals surface area contributed by atoms with E-state index < -0.39 is 0 Å². The third-order valence-electron chi connectivity index (χ3n) is 6.16. The highest BCUT2D eigenvalue weighted by Gasteiger charge is 2.15. The number of hydrogen-bond acceptors (Lipinski definition) is 3. The zero-order valence-electron chi connectivity index (χ0n) is 17.1. The van der Waals surface area contributed by atoms with Crippen LogP contribution in [0.4, 0.5) is 0 Å². The fraction of sp³-hybridized carbons (Fsp3) is 0. The van der Waals surface area contributed by atoms with Crippen molar-refractivity contribution in [3.05, 3.63) is 103 Å². The number of fused-ring (bicyclic) bond motifs is 6. The van der Waals surface area contributed by atoms with Crippen molar-refractivity contribution in [1.82, 2.24) is 4.98 Å². The fourth-order valence-electron chi connectivity index (χ4n) is 4.67. The van der Waals surface area contributed by atoms with Crippen molar-refractivity contribution in [2.45, 2.75) is 0 Å². The minimum atomic E-state index is 0.887. The molecule has 0 fully saturated rings. The summed E-state index contributed by atoms with van der Waals surface area (Å²) < 4.78 is 8.88. The van der Waals surface area contributed by atoms with E-state index in [4.69, 9.17) is 9.40 Å². The number of nitrogens with zero attached hydrogens (tertiary/aromatic N) is 1. The standard InChI is InChI=1S/C29H17NOS/c1-3-13-26-20(7-1)22-10-6-12-24(28(22)31-26)25-17-18(15-16-30-25)19-9-5-11-23-21-8-2-4-14-27(21)32-29(19)23/h1-17H. The van der Waals surface area contributed by atoms with Gasteiger partial charge in [0.25, 0.3) is 0 Å². The van der Waals surface area contributed by atoms with Crippen LogP contribution in [-0.4, -0.2) is 4.98 Å². The number of furan rings is 1. The van der Waals surface area contributed by atoms with Crippen molar-refractivity contribution in [3.63, 3.8) is 0 Å². The fourth-order valence-corrected chi connectivity index (χ4v) is 5.91. The van der Waals surface area contributed by atoms with E-state index in [1.165, 1.54) is 31.3 Å². The summed E-state index contributed by atoms with van der Waals surface area (Å²) in [6, 6.07) is 34.0. The van der Waals surface area contributed by atoms with E-state index in [2.05, 4.69) is 84.9 Å². The summed E-state index contributed by atoms with van der Waals surface area (Å²) in [5.41, 5.74) is 6.14. The normalized spacial score (nSPS) is 11.8. The van der Waals surface area contributed by atoms with E-state index in [-0.39, 0.29) is 0 Å². The van der Waals surface area contributed by atoms with Crippen LogP contribution >= 0.6 is 11.3 Å². The lowest BCUT2D eigenvalue weighted by Crippen LogP contribution is -1.86. The molecule has 0 aliphatic carbocycles. The predicted molar refractivity (Wildman–Crippen MR) is 135 cm³/mol. The number of hydrogen-bond donors (Lipinski definition) is 0. The molecule has 0 N–H and O–H groups in total. The van der Waals surface area contributed by atoms with Gasteiger partial charge in [0, 0.05) is 42.7 Å². The van der Waals surface area contributed by atoms with Gasteiger partial charge in [-0.05, 0) is 41.5 Å². The topological polar surface area (TPSA) is 26.0 Å². The first kappa shape index (κ1) is 17.7. The molecule has 0 amide bonds. The summed E-state index contributed by atoms with van der Waals surface area (Å²) >= 11 is 1.85. The second kappa shape index (κ2) is 6.78. The molecule has 0 unspecified atom stereocenters. The number of aromatic nitrogens is 1. The second-order valence-corrected chi connectivity index (χ2v) is 9.04. The SMILES string of the molecule is c1ccc2c(c1)oc1c(-c3cc(-c4cccc5c4sc4ccccc45)ccn3)cccc12. The van der Waals surface area contributed by atoms with Gasteiger partial charge < -0.3 is 4.42 Å². The first-order valence-corrected chi connectivity index (χ1v) is 11.5. The summed E-state index contributed by atoms with van der Waals surface area (Å²) in [4.78, 5) is 4.72. The lowest BCUT2D eigenvalue weighted by Gasteiger charge is -2.07. The van der Waals surface area contributed by atoms with Crippen LogP contribution in [-0.2, 0) is 0 Å². The highest BCUT2D eigenvalue weighted by Crippen LogP contribution is 2.41. The van der Waals surface area contributed by atoms with Crippen LogP contribution in [0.15, 0.2) is 108 Å². The van der Waals surface area contributed by atoms with Gasteiger partial charge in [0.2, 0.25) is 0 Å². The molecule has 7 rings (SSSR count). The molecule has 3 heteroatoms. The first-order chi connectivity index (χ1) is 15.9. The molecule has 3 aromatic heterocycles. The molecule has 4 aromatic carbocycles. The molecule has 0 aliphatic rings. The van der Waals surface area contributed by atoms with E-state index in [1.807, 2.05) is 29.7 Å². The Morgan fingerprint density at radius 3 is 2.31 bits per heavy atom. The monoisotopic (exact) mass is 427 g/mol. The number of rotatable bonds is 2. The first-order valence-electron chi connectivity index (χ1n) is 10.6. The Balaban J connectivity index is 1.45. The summed E-state index contributed by atoms with van der Waals surface area (Å²) in [7, 11) is 0. The van der Waals surface area contributed by atoms with E-state index in [1.54, 1.807) is 0 Å². The highest BCUT2D eigenvalue weighted by atomic mass is 32.1. The number of thiophene rings is 1. The summed E-state index contributed by atoms with van der Waals surface area (Å²) in [5, 5.41) is 4.88. The van der Waals surface area contributed by atoms with Gasteiger partial charge in [0.15, 0.2) is 0 Å². The van der Waals surface area contributed by atoms with Crippen molar-refractivity contribution < 1.29 is 4.42 Å². The minimum absolute atomic E-state index is 0.887. The number of para-hydroxylation sites is 2. The van der Waals surface area contributed by atoms with Crippen LogP contribution in [0.25, 0.3) is 64.5 Å². The molecule has 7 aromatic rings. The summed E-state index contributed by atoms with van der Waals surface area (Å²) in [6.07, 6.45) is 1.90. The van der Waals surface area contributed by atoms with Crippen molar-refractivity contribution in [3.8, 4) is 22.4 Å². The Labute approximate surface area is 188 Å². The Bertz CT molecular complexity index is 1660. The number of pyridine rings is 1. The van der Waals surface area contributed by atoms with Crippen LogP contribution in [0.5, 0.6) is 0 Å². The third-order valence-corrected chi connectivity index (χ3v) is 7.38. The van der Waals surface area contributed by atoms with Crippen LogP contribution < -0.4 is 0 Å². The number of benzene rings is 4. The van der Waals surface area contributed by atoms with Crippen LogP contribution in [0.3, 0.4) is 0 Å². The molecular formula is C29H17NOS. The molecule has 0 atom stereocenters. The molecule has 32 heavy (non-hydrogen) atoms. The molecule has 3 heterocycles. The Morgan fingerprint density at radius 1 is 0.625 bits per heavy atom. The summed E-state index contributed by atoms with van der Waals surface area (Å²) in [6.45, 7) is 0. The lowest BCUT2D eigenvalue weighted by atomic mass is 10.0. The second-order valence-electron chi connectivity index (χ2n) is 7.99. The minimum Gasteiger partial charge on any atom is -0.455 e. The van der Waals surface area contributed by atoms with Gasteiger partial charge >= 0.3 is 0 Å². The van der Waals surface area contributed by atoms with E-state index in [0.29, 0.717) is 0 Å². The largest absolute Gasteiger partial charge is 0.455 e. The van der Waals surface area contributed by atoms with Gasteiger partial charge in [-0.15, -0.1) is 11.3 Å². The molecule has 0 radical (unpaired) electrons. The van der Waals surface area contributed by atoms with Crippen molar-refractivity contribution in [1.29, 1.82) is 0 Å². The van der Waals surface area contributed by atoms with E-state index in [9.17, 15) is 0 Å². The van der Waals surface area contributed by atoms with Crippen LogP contribution in [0.1, 0.15) is 0 Å². The van der Waals surface area contributed by atoms with Crippen LogP contribution in [0.2, 0.25) is 0 Å². The molecule has 0 spiro atoms. The maximum atomic E-state index is 6.26. The molecule has 0 saturated carbocycles.